The molecule has 4 aromatic rings. The van der Waals surface area contributed by atoms with Crippen LogP contribution in [-0.4, -0.2) is 30.9 Å². The van der Waals surface area contributed by atoms with Crippen molar-refractivity contribution in [2.75, 3.05) is 13.2 Å². The predicted molar refractivity (Wildman–Crippen MR) is 132 cm³/mol. The molecule has 0 spiro atoms. The molecular weight excluding hydrogens is 496 g/mol. The Morgan fingerprint density at radius 3 is 2.53 bits per heavy atom. The minimum Gasteiger partial charge on any atom is -0.486 e. The van der Waals surface area contributed by atoms with Gasteiger partial charge in [0.15, 0.2) is 11.5 Å². The minimum absolute atomic E-state index is 0.0801. The summed E-state index contributed by atoms with van der Waals surface area (Å²) in [6.45, 7) is 2.72. The SMILES string of the molecule is Cc1ccc(S(=O)(=O)N(Cc2cccs2)Cc2cc3cc4c(cc3[nH]c2=O)OCCO4)cc1Cl. The van der Waals surface area contributed by atoms with E-state index in [0.717, 1.165) is 15.8 Å². The van der Waals surface area contributed by atoms with Crippen LogP contribution in [0.3, 0.4) is 0 Å². The summed E-state index contributed by atoms with van der Waals surface area (Å²) >= 11 is 7.67. The number of pyridine rings is 1. The van der Waals surface area contributed by atoms with E-state index in [4.69, 9.17) is 21.1 Å². The molecule has 0 aliphatic carbocycles. The lowest BCUT2D eigenvalue weighted by Crippen LogP contribution is -2.32. The molecule has 0 saturated heterocycles. The molecule has 0 unspecified atom stereocenters. The van der Waals surface area contributed by atoms with Gasteiger partial charge in [-0.15, -0.1) is 11.3 Å². The number of H-pyrrole nitrogens is 1. The molecule has 7 nitrogen and oxygen atoms in total. The second-order valence-electron chi connectivity index (χ2n) is 7.97. The number of aromatic nitrogens is 1. The molecule has 5 rings (SSSR count). The summed E-state index contributed by atoms with van der Waals surface area (Å²) in [6, 6.07) is 13.6. The van der Waals surface area contributed by atoms with Gasteiger partial charge in [-0.3, -0.25) is 4.79 Å². The van der Waals surface area contributed by atoms with Crippen molar-refractivity contribution < 1.29 is 17.9 Å². The second-order valence-corrected chi connectivity index (χ2v) is 11.3. The van der Waals surface area contributed by atoms with Crippen LogP contribution in [0.4, 0.5) is 0 Å². The quantitative estimate of drug-likeness (QED) is 0.401. The third-order valence-corrected chi connectivity index (χ3v) is 8.68. The highest BCUT2D eigenvalue weighted by Gasteiger charge is 2.27. The lowest BCUT2D eigenvalue weighted by atomic mass is 10.1. The van der Waals surface area contributed by atoms with Crippen LogP contribution >= 0.6 is 22.9 Å². The molecule has 3 heterocycles. The maximum atomic E-state index is 13.6. The number of fused-ring (bicyclic) bond motifs is 2. The van der Waals surface area contributed by atoms with Gasteiger partial charge >= 0.3 is 0 Å². The van der Waals surface area contributed by atoms with Crippen LogP contribution in [-0.2, 0) is 23.1 Å². The fraction of sp³-hybridized carbons (Fsp3) is 0.208. The molecular formula is C24H21ClN2O5S2. The van der Waals surface area contributed by atoms with E-state index in [1.54, 1.807) is 24.3 Å². The zero-order chi connectivity index (χ0) is 23.9. The topological polar surface area (TPSA) is 88.7 Å². The highest BCUT2D eigenvalue weighted by atomic mass is 35.5. The van der Waals surface area contributed by atoms with E-state index in [-0.39, 0.29) is 23.5 Å². The molecule has 0 bridgehead atoms. The standard InChI is InChI=1S/C24H21ClN2O5S2/c1-15-4-5-19(11-20(15)25)34(29,30)27(14-18-3-2-8-33-18)13-17-9-16-10-22-23(32-7-6-31-22)12-21(16)26-24(17)28/h2-5,8-12H,6-7,13-14H2,1H3,(H,26,28). The number of nitrogens with one attached hydrogen (secondary N) is 1. The Morgan fingerprint density at radius 2 is 1.82 bits per heavy atom. The summed E-state index contributed by atoms with van der Waals surface area (Å²) in [6.07, 6.45) is 0. The summed E-state index contributed by atoms with van der Waals surface area (Å²) in [5.41, 5.74) is 1.34. The van der Waals surface area contributed by atoms with Crippen molar-refractivity contribution in [3.05, 3.63) is 85.3 Å². The monoisotopic (exact) mass is 516 g/mol. The Labute approximate surface area is 205 Å². The van der Waals surface area contributed by atoms with Gasteiger partial charge in [-0.2, -0.15) is 4.31 Å². The predicted octanol–water partition coefficient (Wildman–Crippen LogP) is 4.71. The molecule has 2 aromatic heterocycles. The summed E-state index contributed by atoms with van der Waals surface area (Å²) in [7, 11) is -3.94. The number of halogens is 1. The van der Waals surface area contributed by atoms with Crippen molar-refractivity contribution in [1.82, 2.24) is 9.29 Å². The average Bonchev–Trinajstić information content (AvgIpc) is 3.33. The van der Waals surface area contributed by atoms with Crippen molar-refractivity contribution in [1.29, 1.82) is 0 Å². The Kier molecular flexibility index (Phi) is 6.11. The van der Waals surface area contributed by atoms with Crippen molar-refractivity contribution >= 4 is 43.9 Å². The molecule has 0 radical (unpaired) electrons. The number of benzene rings is 2. The van der Waals surface area contributed by atoms with E-state index in [9.17, 15) is 13.2 Å². The molecule has 1 N–H and O–H groups in total. The fourth-order valence-electron chi connectivity index (χ4n) is 3.78. The number of hydrogen-bond acceptors (Lipinski definition) is 6. The van der Waals surface area contributed by atoms with Crippen LogP contribution < -0.4 is 15.0 Å². The molecule has 0 saturated carbocycles. The molecule has 0 amide bonds. The first-order valence-corrected chi connectivity index (χ1v) is 13.3. The van der Waals surface area contributed by atoms with Gasteiger partial charge in [-0.1, -0.05) is 23.7 Å². The number of aromatic amines is 1. The summed E-state index contributed by atoms with van der Waals surface area (Å²) < 4.78 is 39.8. The zero-order valence-electron chi connectivity index (χ0n) is 18.2. The largest absolute Gasteiger partial charge is 0.486 e. The molecule has 1 aliphatic rings. The molecule has 176 valence electrons. The van der Waals surface area contributed by atoms with Gasteiger partial charge < -0.3 is 14.5 Å². The maximum absolute atomic E-state index is 13.6. The van der Waals surface area contributed by atoms with Crippen LogP contribution in [0.15, 0.2) is 63.6 Å². The Balaban J connectivity index is 1.56. The van der Waals surface area contributed by atoms with Crippen molar-refractivity contribution in [2.45, 2.75) is 24.9 Å². The molecule has 10 heteroatoms. The normalized spacial score (nSPS) is 13.5. The average molecular weight is 517 g/mol. The lowest BCUT2D eigenvalue weighted by Gasteiger charge is -2.22. The lowest BCUT2D eigenvalue weighted by molar-refractivity contribution is 0.172. The Bertz CT molecular complexity index is 1530. The molecule has 34 heavy (non-hydrogen) atoms. The van der Waals surface area contributed by atoms with E-state index in [2.05, 4.69) is 4.98 Å². The Morgan fingerprint density at radius 1 is 1.06 bits per heavy atom. The number of hydrogen-bond donors (Lipinski definition) is 1. The van der Waals surface area contributed by atoms with Gasteiger partial charge in [0, 0.05) is 40.0 Å². The summed E-state index contributed by atoms with van der Waals surface area (Å²) in [4.78, 5) is 16.7. The Hall–Kier alpha value is -2.85. The van der Waals surface area contributed by atoms with Gasteiger partial charge in [0.2, 0.25) is 10.0 Å². The van der Waals surface area contributed by atoms with Crippen LogP contribution in [0.5, 0.6) is 11.5 Å². The fourth-order valence-corrected chi connectivity index (χ4v) is 6.25. The van der Waals surface area contributed by atoms with E-state index in [1.807, 2.05) is 24.4 Å². The minimum atomic E-state index is -3.94. The molecule has 0 fully saturated rings. The third-order valence-electron chi connectivity index (χ3n) is 5.62. The summed E-state index contributed by atoms with van der Waals surface area (Å²) in [5.74, 6) is 1.16. The van der Waals surface area contributed by atoms with E-state index in [1.165, 1.54) is 27.8 Å². The smallest absolute Gasteiger partial charge is 0.252 e. The first-order chi connectivity index (χ1) is 16.3. The van der Waals surface area contributed by atoms with Crippen LogP contribution in [0.1, 0.15) is 16.0 Å². The van der Waals surface area contributed by atoms with Gasteiger partial charge in [-0.25, -0.2) is 8.42 Å². The van der Waals surface area contributed by atoms with Crippen LogP contribution in [0.25, 0.3) is 10.9 Å². The number of thiophene rings is 1. The van der Waals surface area contributed by atoms with Crippen molar-refractivity contribution in [3.8, 4) is 11.5 Å². The maximum Gasteiger partial charge on any atom is 0.252 e. The first-order valence-electron chi connectivity index (χ1n) is 10.6. The number of sulfonamides is 1. The zero-order valence-corrected chi connectivity index (χ0v) is 20.6. The van der Waals surface area contributed by atoms with E-state index < -0.39 is 10.0 Å². The molecule has 1 aliphatic heterocycles. The summed E-state index contributed by atoms with van der Waals surface area (Å²) in [5, 5.41) is 2.98. The first kappa shape index (κ1) is 22.9. The van der Waals surface area contributed by atoms with E-state index >= 15 is 0 Å². The van der Waals surface area contributed by atoms with Gasteiger partial charge in [0.25, 0.3) is 5.56 Å². The highest BCUT2D eigenvalue weighted by molar-refractivity contribution is 7.89. The number of nitrogens with zero attached hydrogens (tertiary/aromatic N) is 1. The van der Waals surface area contributed by atoms with Crippen molar-refractivity contribution in [2.24, 2.45) is 0 Å². The highest BCUT2D eigenvalue weighted by Crippen LogP contribution is 2.34. The van der Waals surface area contributed by atoms with Crippen LogP contribution in [0, 0.1) is 6.92 Å². The molecule has 2 aromatic carbocycles. The number of aryl methyl sites for hydroxylation is 1. The van der Waals surface area contributed by atoms with Crippen molar-refractivity contribution in [3.63, 3.8) is 0 Å². The second kappa shape index (κ2) is 9.07. The van der Waals surface area contributed by atoms with Gasteiger partial charge in [0.05, 0.1) is 10.4 Å². The molecule has 0 atom stereocenters. The van der Waals surface area contributed by atoms with Gasteiger partial charge in [0.1, 0.15) is 13.2 Å². The van der Waals surface area contributed by atoms with E-state index in [0.29, 0.717) is 40.8 Å². The number of ether oxygens (including phenoxy) is 2. The van der Waals surface area contributed by atoms with Gasteiger partial charge in [-0.05, 0) is 48.2 Å². The number of rotatable bonds is 6. The van der Waals surface area contributed by atoms with Crippen LogP contribution in [0.2, 0.25) is 5.02 Å². The third kappa shape index (κ3) is 4.44.